The third-order valence-electron chi connectivity index (χ3n) is 0.575. The van der Waals surface area contributed by atoms with Gasteiger partial charge in [0.15, 0.2) is 0 Å². The molecule has 0 bridgehead atoms. The predicted molar refractivity (Wildman–Crippen MR) is 34.3 cm³/mol. The van der Waals surface area contributed by atoms with Crippen molar-refractivity contribution >= 4 is 39.2 Å². The maximum atomic E-state index is 12.0. The SMILES string of the molecule is FC(C(F)(F)F)[Si](Cl)(Cl)Cl. The summed E-state index contributed by atoms with van der Waals surface area (Å²) in [5.41, 5.74) is 0. The first-order chi connectivity index (χ1) is 4.15. The normalized spacial score (nSPS) is 17.1. The van der Waals surface area contributed by atoms with Crippen LogP contribution in [0.4, 0.5) is 17.6 Å². The van der Waals surface area contributed by atoms with Gasteiger partial charge in [-0.3, -0.25) is 0 Å². The standard InChI is InChI=1S/C2HCl3F4Si/c3-10(4,5)1(6)2(7,8)9/h1H. The molecule has 0 fully saturated rings. The van der Waals surface area contributed by atoms with Gasteiger partial charge in [-0.2, -0.15) is 13.2 Å². The molecule has 10 heavy (non-hydrogen) atoms. The summed E-state index contributed by atoms with van der Waals surface area (Å²) < 4.78 is 46.0. The molecule has 0 aliphatic rings. The van der Waals surface area contributed by atoms with E-state index in [9.17, 15) is 17.6 Å². The summed E-state index contributed by atoms with van der Waals surface area (Å²) in [4.78, 5) is 0. The van der Waals surface area contributed by atoms with Crippen LogP contribution in [0.3, 0.4) is 0 Å². The number of alkyl halides is 4. The Labute approximate surface area is 69.2 Å². The Morgan fingerprint density at radius 2 is 1.40 bits per heavy atom. The highest BCUT2D eigenvalue weighted by Gasteiger charge is 2.55. The molecule has 0 amide bonds. The van der Waals surface area contributed by atoms with E-state index in [4.69, 9.17) is 33.2 Å². The molecule has 0 heterocycles. The highest BCUT2D eigenvalue weighted by atomic mass is 35.8. The van der Waals surface area contributed by atoms with E-state index < -0.39 is 18.0 Å². The molecule has 0 aromatic heterocycles. The minimum absolute atomic E-state index is 3.30. The van der Waals surface area contributed by atoms with Gasteiger partial charge in [-0.1, -0.05) is 0 Å². The van der Waals surface area contributed by atoms with Gasteiger partial charge in [-0.25, -0.2) is 4.39 Å². The molecule has 1 atom stereocenters. The quantitative estimate of drug-likeness (QED) is 0.372. The van der Waals surface area contributed by atoms with Crippen molar-refractivity contribution < 1.29 is 17.6 Å². The maximum Gasteiger partial charge on any atom is 0.420 e. The summed E-state index contributed by atoms with van der Waals surface area (Å²) >= 11 is 14.2. The summed E-state index contributed by atoms with van der Waals surface area (Å²) in [5, 5.41) is 0. The Morgan fingerprint density at radius 3 is 1.40 bits per heavy atom. The Morgan fingerprint density at radius 1 is 1.10 bits per heavy atom. The monoisotopic (exact) mass is 234 g/mol. The van der Waals surface area contributed by atoms with Gasteiger partial charge in [-0.15, -0.1) is 33.2 Å². The van der Waals surface area contributed by atoms with Crippen LogP contribution >= 0.6 is 33.2 Å². The van der Waals surface area contributed by atoms with E-state index in [-0.39, 0.29) is 0 Å². The summed E-state index contributed by atoms with van der Waals surface area (Å²) in [6, 6.07) is -4.27. The lowest BCUT2D eigenvalue weighted by Gasteiger charge is -2.16. The van der Waals surface area contributed by atoms with Crippen molar-refractivity contribution in [1.29, 1.82) is 0 Å². The summed E-state index contributed by atoms with van der Waals surface area (Å²) in [6.45, 7) is 0. The Balaban J connectivity index is 4.23. The number of rotatable bonds is 1. The first kappa shape index (κ1) is 10.8. The lowest BCUT2D eigenvalue weighted by Crippen LogP contribution is -2.40. The molecule has 62 valence electrons. The van der Waals surface area contributed by atoms with Crippen LogP contribution in [0.2, 0.25) is 0 Å². The molecule has 0 spiro atoms. The van der Waals surface area contributed by atoms with Crippen LogP contribution in [-0.2, 0) is 0 Å². The summed E-state index contributed by atoms with van der Waals surface area (Å²) in [7, 11) is 0. The fraction of sp³-hybridized carbons (Fsp3) is 1.00. The maximum absolute atomic E-state index is 12.0. The van der Waals surface area contributed by atoms with Crippen LogP contribution in [0.25, 0.3) is 0 Å². The van der Waals surface area contributed by atoms with Gasteiger partial charge in [0.1, 0.15) is 0 Å². The second-order valence-corrected chi connectivity index (χ2v) is 10.1. The summed E-state index contributed by atoms with van der Waals surface area (Å²) in [6.07, 6.45) is -5.06. The number of halogens is 7. The predicted octanol–water partition coefficient (Wildman–Crippen LogP) is 3.08. The van der Waals surface area contributed by atoms with Crippen molar-refractivity contribution in [2.75, 3.05) is 0 Å². The zero-order valence-corrected chi connectivity index (χ0v) is 7.49. The Bertz CT molecular complexity index is 103. The van der Waals surface area contributed by atoms with Crippen molar-refractivity contribution in [1.82, 2.24) is 0 Å². The van der Waals surface area contributed by atoms with Gasteiger partial charge < -0.3 is 0 Å². The highest BCUT2D eigenvalue weighted by Crippen LogP contribution is 2.36. The zero-order valence-electron chi connectivity index (χ0n) is 4.22. The van der Waals surface area contributed by atoms with E-state index in [2.05, 4.69) is 0 Å². The largest absolute Gasteiger partial charge is 0.420 e. The molecular weight excluding hydrogens is 234 g/mol. The van der Waals surface area contributed by atoms with Crippen molar-refractivity contribution in [2.24, 2.45) is 0 Å². The van der Waals surface area contributed by atoms with E-state index in [1.807, 2.05) is 0 Å². The van der Waals surface area contributed by atoms with Crippen LogP contribution in [-0.4, -0.2) is 18.0 Å². The van der Waals surface area contributed by atoms with E-state index in [0.717, 1.165) is 0 Å². The van der Waals surface area contributed by atoms with Crippen molar-refractivity contribution in [3.8, 4) is 0 Å². The molecule has 0 aromatic rings. The molecule has 0 aliphatic carbocycles. The third kappa shape index (κ3) is 3.27. The molecular formula is C2HCl3F4Si. The Kier molecular flexibility index (Phi) is 3.29. The molecule has 0 rings (SSSR count). The lowest BCUT2D eigenvalue weighted by molar-refractivity contribution is -0.157. The van der Waals surface area contributed by atoms with E-state index in [1.54, 1.807) is 0 Å². The first-order valence-electron chi connectivity index (χ1n) is 1.93. The molecule has 0 saturated heterocycles. The van der Waals surface area contributed by atoms with Crippen molar-refractivity contribution in [2.45, 2.75) is 12.0 Å². The van der Waals surface area contributed by atoms with Crippen LogP contribution in [0, 0.1) is 0 Å². The molecule has 0 nitrogen and oxygen atoms in total. The Hall–Kier alpha value is 0.807. The van der Waals surface area contributed by atoms with Gasteiger partial charge in [0, 0.05) is 0 Å². The first-order valence-corrected chi connectivity index (χ1v) is 7.04. The van der Waals surface area contributed by atoms with Gasteiger partial charge >= 0.3 is 12.2 Å². The molecule has 0 saturated carbocycles. The molecule has 0 N–H and O–H groups in total. The molecule has 8 heteroatoms. The second-order valence-electron chi connectivity index (χ2n) is 1.45. The van der Waals surface area contributed by atoms with Gasteiger partial charge in [0.05, 0.1) is 0 Å². The average Bonchev–Trinajstić information content (AvgIpc) is 1.59. The lowest BCUT2D eigenvalue weighted by atomic mass is 10.7. The zero-order chi connectivity index (χ0) is 8.58. The molecule has 0 aliphatic heterocycles. The van der Waals surface area contributed by atoms with Crippen molar-refractivity contribution in [3.63, 3.8) is 0 Å². The van der Waals surface area contributed by atoms with Gasteiger partial charge in [-0.05, 0) is 0 Å². The fourth-order valence-electron chi connectivity index (χ4n) is 0.186. The van der Waals surface area contributed by atoms with E-state index in [0.29, 0.717) is 0 Å². The minimum Gasteiger partial charge on any atom is -0.237 e. The molecule has 0 aromatic carbocycles. The minimum atomic E-state index is -5.06. The van der Waals surface area contributed by atoms with E-state index in [1.165, 1.54) is 0 Å². The average molecular weight is 235 g/mol. The molecule has 1 unspecified atom stereocenters. The number of hydrogen-bond acceptors (Lipinski definition) is 0. The topological polar surface area (TPSA) is 0 Å². The summed E-state index contributed by atoms with van der Waals surface area (Å²) in [5.74, 6) is -3.30. The van der Waals surface area contributed by atoms with Gasteiger partial charge in [0.25, 0.3) is 0 Å². The van der Waals surface area contributed by atoms with Crippen LogP contribution in [0.5, 0.6) is 0 Å². The smallest absolute Gasteiger partial charge is 0.237 e. The van der Waals surface area contributed by atoms with Crippen molar-refractivity contribution in [3.05, 3.63) is 0 Å². The van der Waals surface area contributed by atoms with E-state index >= 15 is 0 Å². The van der Waals surface area contributed by atoms with Gasteiger partial charge in [0.2, 0.25) is 5.79 Å². The van der Waals surface area contributed by atoms with Crippen LogP contribution in [0.15, 0.2) is 0 Å². The number of hydrogen-bond donors (Lipinski definition) is 0. The van der Waals surface area contributed by atoms with Crippen LogP contribution < -0.4 is 0 Å². The fourth-order valence-corrected chi connectivity index (χ4v) is 1.67. The third-order valence-corrected chi connectivity index (χ3v) is 3.20. The molecule has 0 radical (unpaired) electrons. The second kappa shape index (κ2) is 3.04. The highest BCUT2D eigenvalue weighted by molar-refractivity contribution is 7.65. The van der Waals surface area contributed by atoms with Crippen LogP contribution in [0.1, 0.15) is 0 Å².